The van der Waals surface area contributed by atoms with Gasteiger partial charge in [0, 0.05) is 12.6 Å². The van der Waals surface area contributed by atoms with Crippen LogP contribution in [0, 0.1) is 0 Å². The van der Waals surface area contributed by atoms with Crippen molar-refractivity contribution >= 4 is 5.82 Å². The SMILES string of the molecule is C[C@@H](c1ccccc1)N1CNc2c(c(=O)[nH]c(=O)n2Cc2ccco2)C1. The van der Waals surface area contributed by atoms with Crippen LogP contribution in [0.4, 0.5) is 5.82 Å². The number of furan rings is 1. The molecule has 0 saturated carbocycles. The number of fused-ring (bicyclic) bond motifs is 1. The normalized spacial score (nSPS) is 15.3. The number of aromatic nitrogens is 2. The second kappa shape index (κ2) is 6.68. The van der Waals surface area contributed by atoms with Crippen molar-refractivity contribution in [2.24, 2.45) is 0 Å². The Hall–Kier alpha value is -3.06. The number of aromatic amines is 1. The Bertz CT molecular complexity index is 1010. The van der Waals surface area contributed by atoms with Crippen LogP contribution in [0.2, 0.25) is 0 Å². The second-order valence-electron chi connectivity index (χ2n) is 6.42. The first-order valence-electron chi connectivity index (χ1n) is 8.54. The van der Waals surface area contributed by atoms with E-state index in [4.69, 9.17) is 4.42 Å². The molecule has 0 amide bonds. The van der Waals surface area contributed by atoms with E-state index in [1.807, 2.05) is 18.2 Å². The minimum Gasteiger partial charge on any atom is -0.467 e. The molecule has 0 bridgehead atoms. The van der Waals surface area contributed by atoms with Crippen molar-refractivity contribution in [3.8, 4) is 0 Å². The molecule has 2 aromatic heterocycles. The highest BCUT2D eigenvalue weighted by Crippen LogP contribution is 2.26. The molecule has 0 radical (unpaired) electrons. The first kappa shape index (κ1) is 16.4. The topological polar surface area (TPSA) is 83.3 Å². The molecule has 0 fully saturated rings. The number of nitrogens with one attached hydrogen (secondary N) is 2. The maximum Gasteiger partial charge on any atom is 0.330 e. The third-order valence-corrected chi connectivity index (χ3v) is 4.83. The van der Waals surface area contributed by atoms with E-state index in [1.54, 1.807) is 18.4 Å². The Labute approximate surface area is 149 Å². The predicted molar refractivity (Wildman–Crippen MR) is 98.0 cm³/mol. The number of rotatable bonds is 4. The van der Waals surface area contributed by atoms with Gasteiger partial charge in [0.05, 0.1) is 25.0 Å². The van der Waals surface area contributed by atoms with Crippen molar-refractivity contribution in [2.45, 2.75) is 26.1 Å². The zero-order chi connectivity index (χ0) is 18.1. The monoisotopic (exact) mass is 352 g/mol. The molecule has 3 heterocycles. The predicted octanol–water partition coefficient (Wildman–Crippen LogP) is 2.12. The Balaban J connectivity index is 1.67. The lowest BCUT2D eigenvalue weighted by molar-refractivity contribution is 0.206. The van der Waals surface area contributed by atoms with E-state index in [0.717, 1.165) is 0 Å². The van der Waals surface area contributed by atoms with E-state index < -0.39 is 5.69 Å². The zero-order valence-corrected chi connectivity index (χ0v) is 14.4. The lowest BCUT2D eigenvalue weighted by atomic mass is 10.1. The second-order valence-corrected chi connectivity index (χ2v) is 6.42. The van der Waals surface area contributed by atoms with E-state index >= 15 is 0 Å². The highest BCUT2D eigenvalue weighted by molar-refractivity contribution is 5.46. The third-order valence-electron chi connectivity index (χ3n) is 4.83. The molecule has 26 heavy (non-hydrogen) atoms. The van der Waals surface area contributed by atoms with Gasteiger partial charge in [0.25, 0.3) is 5.56 Å². The van der Waals surface area contributed by atoms with E-state index in [2.05, 4.69) is 34.3 Å². The van der Waals surface area contributed by atoms with Crippen LogP contribution in [-0.2, 0) is 13.1 Å². The Morgan fingerprint density at radius 2 is 1.96 bits per heavy atom. The van der Waals surface area contributed by atoms with Gasteiger partial charge in [0.2, 0.25) is 0 Å². The summed E-state index contributed by atoms with van der Waals surface area (Å²) in [5, 5.41) is 3.25. The van der Waals surface area contributed by atoms with Crippen molar-refractivity contribution in [2.75, 3.05) is 12.0 Å². The molecule has 7 heteroatoms. The molecule has 1 aliphatic rings. The van der Waals surface area contributed by atoms with Crippen molar-refractivity contribution in [3.05, 3.63) is 86.5 Å². The molecular formula is C19H20N4O3. The number of nitrogens with zero attached hydrogens (tertiary/aromatic N) is 2. The maximum atomic E-state index is 12.4. The van der Waals surface area contributed by atoms with Crippen molar-refractivity contribution < 1.29 is 4.42 Å². The summed E-state index contributed by atoms with van der Waals surface area (Å²) in [5.41, 5.74) is 0.948. The van der Waals surface area contributed by atoms with Gasteiger partial charge >= 0.3 is 5.69 Å². The van der Waals surface area contributed by atoms with E-state index in [9.17, 15) is 9.59 Å². The molecule has 0 unspecified atom stereocenters. The van der Waals surface area contributed by atoms with Crippen molar-refractivity contribution in [3.63, 3.8) is 0 Å². The number of hydrogen-bond acceptors (Lipinski definition) is 5. The van der Waals surface area contributed by atoms with Gasteiger partial charge in [-0.1, -0.05) is 30.3 Å². The lowest BCUT2D eigenvalue weighted by Gasteiger charge is -2.35. The van der Waals surface area contributed by atoms with Crippen LogP contribution in [0.3, 0.4) is 0 Å². The van der Waals surface area contributed by atoms with Gasteiger partial charge in [0.1, 0.15) is 11.6 Å². The minimum atomic E-state index is -0.442. The van der Waals surface area contributed by atoms with Gasteiger partial charge in [-0.15, -0.1) is 0 Å². The fraction of sp³-hybridized carbons (Fsp3) is 0.263. The van der Waals surface area contributed by atoms with Gasteiger partial charge in [0.15, 0.2) is 0 Å². The Kier molecular flexibility index (Phi) is 4.22. The van der Waals surface area contributed by atoms with Gasteiger partial charge in [-0.25, -0.2) is 4.79 Å². The van der Waals surface area contributed by atoms with Crippen LogP contribution in [0.5, 0.6) is 0 Å². The van der Waals surface area contributed by atoms with Crippen LogP contribution < -0.4 is 16.6 Å². The fourth-order valence-electron chi connectivity index (χ4n) is 3.32. The summed E-state index contributed by atoms with van der Waals surface area (Å²) in [7, 11) is 0. The summed E-state index contributed by atoms with van der Waals surface area (Å²) in [4.78, 5) is 29.3. The molecule has 1 aromatic carbocycles. The summed E-state index contributed by atoms with van der Waals surface area (Å²) in [6, 6.07) is 13.9. The molecule has 2 N–H and O–H groups in total. The first-order chi connectivity index (χ1) is 12.6. The van der Waals surface area contributed by atoms with Crippen molar-refractivity contribution in [1.82, 2.24) is 14.5 Å². The number of H-pyrrole nitrogens is 1. The summed E-state index contributed by atoms with van der Waals surface area (Å²) < 4.78 is 6.85. The number of anilines is 1. The number of hydrogen-bond donors (Lipinski definition) is 2. The average Bonchev–Trinajstić information content (AvgIpc) is 3.18. The molecule has 134 valence electrons. The molecule has 0 aliphatic carbocycles. The van der Waals surface area contributed by atoms with Gasteiger partial charge in [-0.05, 0) is 24.6 Å². The molecule has 1 aliphatic heterocycles. The fourth-order valence-corrected chi connectivity index (χ4v) is 3.32. The number of benzene rings is 1. The van der Waals surface area contributed by atoms with Crippen LogP contribution in [-0.4, -0.2) is 21.1 Å². The molecular weight excluding hydrogens is 332 g/mol. The van der Waals surface area contributed by atoms with Crippen LogP contribution in [0.15, 0.2) is 62.7 Å². The van der Waals surface area contributed by atoms with E-state index in [1.165, 1.54) is 10.1 Å². The Morgan fingerprint density at radius 1 is 1.15 bits per heavy atom. The molecule has 4 rings (SSSR count). The molecule has 0 saturated heterocycles. The van der Waals surface area contributed by atoms with Gasteiger partial charge in [-0.3, -0.25) is 19.2 Å². The standard InChI is InChI=1S/C19H20N4O3/c1-13(14-6-3-2-4-7-14)22-11-16-17(20-12-22)23(19(25)21-18(16)24)10-15-8-5-9-26-15/h2-9,13,20H,10-12H2,1H3,(H,21,24,25)/t13-/m0/s1. The van der Waals surface area contributed by atoms with Crippen LogP contribution in [0.25, 0.3) is 0 Å². The molecule has 3 aromatic rings. The highest BCUT2D eigenvalue weighted by atomic mass is 16.3. The van der Waals surface area contributed by atoms with Gasteiger partial charge in [-0.2, -0.15) is 0 Å². The van der Waals surface area contributed by atoms with Crippen LogP contribution >= 0.6 is 0 Å². The summed E-state index contributed by atoms with van der Waals surface area (Å²) in [5.74, 6) is 1.22. The first-order valence-corrected chi connectivity index (χ1v) is 8.54. The summed E-state index contributed by atoms with van der Waals surface area (Å²) in [6.45, 7) is 3.39. The van der Waals surface area contributed by atoms with Crippen molar-refractivity contribution in [1.29, 1.82) is 0 Å². The van der Waals surface area contributed by atoms with E-state index in [0.29, 0.717) is 30.4 Å². The third kappa shape index (κ3) is 2.97. The highest BCUT2D eigenvalue weighted by Gasteiger charge is 2.26. The summed E-state index contributed by atoms with van der Waals surface area (Å²) in [6.07, 6.45) is 1.56. The molecule has 1 atom stereocenters. The molecule has 7 nitrogen and oxygen atoms in total. The largest absolute Gasteiger partial charge is 0.467 e. The lowest BCUT2D eigenvalue weighted by Crippen LogP contribution is -2.44. The summed E-state index contributed by atoms with van der Waals surface area (Å²) >= 11 is 0. The van der Waals surface area contributed by atoms with Gasteiger partial charge < -0.3 is 9.73 Å². The van der Waals surface area contributed by atoms with Crippen LogP contribution in [0.1, 0.15) is 29.9 Å². The van der Waals surface area contributed by atoms with E-state index in [-0.39, 0.29) is 18.1 Å². The quantitative estimate of drug-likeness (QED) is 0.751. The maximum absolute atomic E-state index is 12.4. The molecule has 0 spiro atoms. The average molecular weight is 352 g/mol. The zero-order valence-electron chi connectivity index (χ0n) is 14.4. The minimum absolute atomic E-state index is 0.140. The smallest absolute Gasteiger partial charge is 0.330 e. The Morgan fingerprint density at radius 3 is 2.69 bits per heavy atom.